The summed E-state index contributed by atoms with van der Waals surface area (Å²) in [5.74, 6) is -1.63. The Morgan fingerprint density at radius 1 is 1.03 bits per heavy atom. The van der Waals surface area contributed by atoms with Gasteiger partial charge in [-0.3, -0.25) is 4.79 Å². The number of carbonyl (C=O) groups is 1. The summed E-state index contributed by atoms with van der Waals surface area (Å²) >= 11 is 0. The number of sulfonamides is 1. The first-order valence-electron chi connectivity index (χ1n) is 12.0. The molecule has 0 aromatic heterocycles. The van der Waals surface area contributed by atoms with Gasteiger partial charge in [-0.1, -0.05) is 98.8 Å². The van der Waals surface area contributed by atoms with Crippen LogP contribution in [-0.4, -0.2) is 36.9 Å². The summed E-state index contributed by atoms with van der Waals surface area (Å²) in [5, 5.41) is 11.8. The molecule has 0 aliphatic heterocycles. The molecule has 0 fully saturated rings. The lowest BCUT2D eigenvalue weighted by molar-refractivity contribution is -0.140. The monoisotopic (exact) mass is 505 g/mol. The van der Waals surface area contributed by atoms with Crippen molar-refractivity contribution in [3.05, 3.63) is 102 Å². The Hall–Kier alpha value is -3.26. The third-order valence-corrected chi connectivity index (χ3v) is 8.58. The minimum atomic E-state index is -4.12. The van der Waals surface area contributed by atoms with Crippen LogP contribution in [0.25, 0.3) is 16.3 Å². The van der Waals surface area contributed by atoms with Crippen molar-refractivity contribution in [3.63, 3.8) is 0 Å². The molecule has 4 rings (SSSR count). The molecule has 0 radical (unpaired) electrons. The van der Waals surface area contributed by atoms with Crippen molar-refractivity contribution in [1.29, 1.82) is 0 Å². The van der Waals surface area contributed by atoms with Gasteiger partial charge in [0.05, 0.1) is 13.2 Å². The van der Waals surface area contributed by atoms with Crippen LogP contribution in [0.4, 0.5) is 0 Å². The first kappa shape index (κ1) is 25.8. The molecular weight excluding hydrogens is 474 g/mol. The van der Waals surface area contributed by atoms with E-state index in [0.29, 0.717) is 0 Å². The van der Waals surface area contributed by atoms with Gasteiger partial charge in [0, 0.05) is 0 Å². The van der Waals surface area contributed by atoms with Gasteiger partial charge in [0.2, 0.25) is 10.0 Å². The quantitative estimate of drug-likeness (QED) is 0.397. The smallest absolute Gasteiger partial charge is 0.321 e. The van der Waals surface area contributed by atoms with Crippen LogP contribution in [0, 0.1) is 5.92 Å². The Labute approximate surface area is 212 Å². The maximum Gasteiger partial charge on any atom is 0.321 e. The van der Waals surface area contributed by atoms with Crippen LogP contribution in [0.3, 0.4) is 0 Å². The number of carboxylic acids is 1. The minimum absolute atomic E-state index is 0.116. The van der Waals surface area contributed by atoms with Crippen LogP contribution in [0.5, 0.6) is 0 Å². The number of fused-ring (bicyclic) bond motifs is 1. The molecule has 0 amide bonds. The van der Waals surface area contributed by atoms with Gasteiger partial charge in [0.25, 0.3) is 0 Å². The van der Waals surface area contributed by atoms with Crippen LogP contribution < -0.4 is 4.72 Å². The topological polar surface area (TPSA) is 92.7 Å². The predicted octanol–water partition coefficient (Wildman–Crippen LogP) is 5.17. The van der Waals surface area contributed by atoms with Gasteiger partial charge in [0.15, 0.2) is 0 Å². The highest BCUT2D eigenvalue weighted by Gasteiger charge is 2.45. The van der Waals surface area contributed by atoms with E-state index in [-0.39, 0.29) is 19.6 Å². The van der Waals surface area contributed by atoms with Gasteiger partial charge in [-0.05, 0) is 45.9 Å². The molecule has 188 valence electrons. The number of carboxylic acid groups (broad SMARTS) is 1. The van der Waals surface area contributed by atoms with Gasteiger partial charge in [-0.15, -0.1) is 0 Å². The molecular formula is C29H31NO5S. The number of hydrogen-bond donors (Lipinski definition) is 2. The van der Waals surface area contributed by atoms with Crippen molar-refractivity contribution < 1.29 is 23.1 Å². The fraction of sp³-hybridized carbons (Fsp3) is 0.276. The van der Waals surface area contributed by atoms with Crippen LogP contribution >= 0.6 is 0 Å². The maximum atomic E-state index is 13.7. The summed E-state index contributed by atoms with van der Waals surface area (Å²) in [5.41, 5.74) is 2.82. The summed E-state index contributed by atoms with van der Waals surface area (Å²) in [6, 6.07) is 22.5. The second-order valence-electron chi connectivity index (χ2n) is 9.48. The van der Waals surface area contributed by atoms with Gasteiger partial charge >= 0.3 is 5.97 Å². The number of rotatable bonds is 10. The van der Waals surface area contributed by atoms with E-state index in [9.17, 15) is 18.3 Å². The standard InChI is InChI=1S/C29H31NO5S/c1-21(2)27(28(31)32)30-36(33,34)29(16-14-25(15-17-29)23-8-4-3-5-9-23)20-35-19-22-12-13-24-10-6-7-11-26(24)18-22/h3-16,18,21,27,30H,17,19-20H2,1-2H3,(H,31,32). The Balaban J connectivity index is 1.58. The molecule has 6 nitrogen and oxygen atoms in total. The average molecular weight is 506 g/mol. The molecule has 0 saturated carbocycles. The largest absolute Gasteiger partial charge is 0.480 e. The van der Waals surface area contributed by atoms with Crippen LogP contribution in [0.2, 0.25) is 0 Å². The number of ether oxygens (including phenoxy) is 1. The summed E-state index contributed by atoms with van der Waals surface area (Å²) in [6.07, 6.45) is 5.45. The third-order valence-electron chi connectivity index (χ3n) is 6.52. The van der Waals surface area contributed by atoms with Gasteiger partial charge in [-0.25, -0.2) is 8.42 Å². The summed E-state index contributed by atoms with van der Waals surface area (Å²) in [7, 11) is -4.12. The normalized spacial score (nSPS) is 18.8. The van der Waals surface area contributed by atoms with Crippen LogP contribution in [0.15, 0.2) is 91.0 Å². The SMILES string of the molecule is CC(C)C(NS(=O)(=O)C1(COCc2ccc3ccccc3c2)C=CC(c2ccccc2)=CC1)C(=O)O. The Morgan fingerprint density at radius 3 is 2.36 bits per heavy atom. The molecule has 0 heterocycles. The summed E-state index contributed by atoms with van der Waals surface area (Å²) in [6.45, 7) is 3.47. The van der Waals surface area contributed by atoms with E-state index in [4.69, 9.17) is 4.74 Å². The molecule has 2 unspecified atom stereocenters. The lowest BCUT2D eigenvalue weighted by atomic mass is 9.93. The van der Waals surface area contributed by atoms with Crippen molar-refractivity contribution >= 4 is 32.3 Å². The molecule has 0 bridgehead atoms. The van der Waals surface area contributed by atoms with Crippen molar-refractivity contribution in [2.45, 2.75) is 37.7 Å². The highest BCUT2D eigenvalue weighted by molar-refractivity contribution is 7.91. The van der Waals surface area contributed by atoms with E-state index in [1.54, 1.807) is 26.0 Å². The van der Waals surface area contributed by atoms with E-state index >= 15 is 0 Å². The zero-order chi connectivity index (χ0) is 25.8. The number of hydrogen-bond acceptors (Lipinski definition) is 4. The van der Waals surface area contributed by atoms with Gasteiger partial charge < -0.3 is 9.84 Å². The van der Waals surface area contributed by atoms with Crippen molar-refractivity contribution in [1.82, 2.24) is 4.72 Å². The molecule has 1 aliphatic carbocycles. The zero-order valence-electron chi connectivity index (χ0n) is 20.4. The van der Waals surface area contributed by atoms with E-state index in [1.165, 1.54) is 0 Å². The molecule has 36 heavy (non-hydrogen) atoms. The molecule has 2 atom stereocenters. The number of allylic oxidation sites excluding steroid dienone is 3. The van der Waals surface area contributed by atoms with E-state index < -0.39 is 32.7 Å². The molecule has 2 N–H and O–H groups in total. The first-order chi connectivity index (χ1) is 17.2. The van der Waals surface area contributed by atoms with E-state index in [1.807, 2.05) is 78.9 Å². The van der Waals surface area contributed by atoms with Gasteiger partial charge in [-0.2, -0.15) is 4.72 Å². The van der Waals surface area contributed by atoms with Crippen molar-refractivity contribution in [3.8, 4) is 0 Å². The summed E-state index contributed by atoms with van der Waals surface area (Å²) < 4.78 is 34.3. The number of benzene rings is 3. The molecule has 3 aromatic rings. The third kappa shape index (κ3) is 5.59. The fourth-order valence-electron chi connectivity index (χ4n) is 4.32. The van der Waals surface area contributed by atoms with Crippen molar-refractivity contribution in [2.75, 3.05) is 6.61 Å². The molecule has 7 heteroatoms. The number of aliphatic carboxylic acids is 1. The highest BCUT2D eigenvalue weighted by atomic mass is 32.2. The lowest BCUT2D eigenvalue weighted by Gasteiger charge is -2.33. The average Bonchev–Trinajstić information content (AvgIpc) is 2.88. The minimum Gasteiger partial charge on any atom is -0.480 e. The fourth-order valence-corrected chi connectivity index (χ4v) is 6.05. The van der Waals surface area contributed by atoms with Crippen LogP contribution in [0.1, 0.15) is 31.4 Å². The van der Waals surface area contributed by atoms with Crippen molar-refractivity contribution in [2.24, 2.45) is 5.92 Å². The van der Waals surface area contributed by atoms with Gasteiger partial charge in [0.1, 0.15) is 10.8 Å². The zero-order valence-corrected chi connectivity index (χ0v) is 21.2. The van der Waals surface area contributed by atoms with E-state index in [2.05, 4.69) is 4.72 Å². The number of nitrogens with one attached hydrogen (secondary N) is 1. The molecule has 0 saturated heterocycles. The second kappa shape index (κ2) is 10.8. The highest BCUT2D eigenvalue weighted by Crippen LogP contribution is 2.33. The Morgan fingerprint density at radius 2 is 1.72 bits per heavy atom. The maximum absolute atomic E-state index is 13.7. The Bertz CT molecular complexity index is 1400. The molecule has 1 aliphatic rings. The predicted molar refractivity (Wildman–Crippen MR) is 143 cm³/mol. The first-order valence-corrected chi connectivity index (χ1v) is 13.4. The van der Waals surface area contributed by atoms with E-state index in [0.717, 1.165) is 27.5 Å². The lowest BCUT2D eigenvalue weighted by Crippen LogP contribution is -2.54. The summed E-state index contributed by atoms with van der Waals surface area (Å²) in [4.78, 5) is 11.8. The second-order valence-corrected chi connectivity index (χ2v) is 11.5. The Kier molecular flexibility index (Phi) is 7.73. The van der Waals surface area contributed by atoms with Crippen LogP contribution in [-0.2, 0) is 26.2 Å². The molecule has 0 spiro atoms. The molecule has 3 aromatic carbocycles.